The lowest BCUT2D eigenvalue weighted by atomic mass is 10.1. The standard InChI is InChI=1S/C23H30O4/c1-4-18-7-9-19(10-8-18)15-16-27-21-13-11-20(12-14-21)17-22(25-5-2)23(24)26-6-3/h7-14,22H,4-6,15-17H2,1-3H3. The number of carbonyl (C=O) groups excluding carboxylic acids is 1. The SMILES string of the molecule is CCOC(=O)C(Cc1ccc(OCCc2ccc(CC)cc2)cc1)OCC. The molecule has 146 valence electrons. The molecule has 0 bridgehead atoms. The van der Waals surface area contributed by atoms with Gasteiger partial charge in [0.1, 0.15) is 5.75 Å². The number of carbonyl (C=O) groups is 1. The summed E-state index contributed by atoms with van der Waals surface area (Å²) in [5.41, 5.74) is 3.64. The van der Waals surface area contributed by atoms with Gasteiger partial charge in [0, 0.05) is 19.4 Å². The Hall–Kier alpha value is -2.33. The number of aryl methyl sites for hydroxylation is 1. The predicted octanol–water partition coefficient (Wildman–Crippen LogP) is 4.38. The van der Waals surface area contributed by atoms with Crippen molar-refractivity contribution in [2.24, 2.45) is 0 Å². The van der Waals surface area contributed by atoms with Gasteiger partial charge >= 0.3 is 5.97 Å². The minimum atomic E-state index is -0.562. The van der Waals surface area contributed by atoms with Gasteiger partial charge in [-0.1, -0.05) is 43.3 Å². The molecule has 0 aromatic heterocycles. The zero-order valence-electron chi connectivity index (χ0n) is 16.6. The van der Waals surface area contributed by atoms with E-state index in [0.29, 0.717) is 26.2 Å². The van der Waals surface area contributed by atoms with E-state index in [0.717, 1.165) is 24.2 Å². The summed E-state index contributed by atoms with van der Waals surface area (Å²) in [6.07, 6.45) is 1.87. The van der Waals surface area contributed by atoms with Crippen molar-refractivity contribution in [2.75, 3.05) is 19.8 Å². The fourth-order valence-corrected chi connectivity index (χ4v) is 2.81. The summed E-state index contributed by atoms with van der Waals surface area (Å²) >= 11 is 0. The molecule has 1 unspecified atom stereocenters. The van der Waals surface area contributed by atoms with E-state index in [2.05, 4.69) is 31.2 Å². The Morgan fingerprint density at radius 3 is 2.07 bits per heavy atom. The molecule has 0 N–H and O–H groups in total. The van der Waals surface area contributed by atoms with Crippen molar-refractivity contribution < 1.29 is 19.0 Å². The molecule has 0 fully saturated rings. The van der Waals surface area contributed by atoms with Gasteiger partial charge in [0.15, 0.2) is 6.10 Å². The van der Waals surface area contributed by atoms with Crippen LogP contribution in [0.3, 0.4) is 0 Å². The first kappa shape index (κ1) is 21.0. The monoisotopic (exact) mass is 370 g/mol. The molecule has 0 aliphatic carbocycles. The molecule has 0 radical (unpaired) electrons. The van der Waals surface area contributed by atoms with Gasteiger partial charge in [0.05, 0.1) is 13.2 Å². The normalized spacial score (nSPS) is 11.8. The molecular formula is C23H30O4. The zero-order valence-corrected chi connectivity index (χ0v) is 16.6. The highest BCUT2D eigenvalue weighted by Crippen LogP contribution is 2.16. The number of rotatable bonds is 11. The molecule has 0 spiro atoms. The smallest absolute Gasteiger partial charge is 0.335 e. The summed E-state index contributed by atoms with van der Waals surface area (Å²) < 4.78 is 16.4. The van der Waals surface area contributed by atoms with Gasteiger partial charge < -0.3 is 14.2 Å². The molecule has 0 saturated carbocycles. The molecule has 2 aromatic rings. The van der Waals surface area contributed by atoms with Gasteiger partial charge in [-0.05, 0) is 49.1 Å². The van der Waals surface area contributed by atoms with Crippen LogP contribution in [0.5, 0.6) is 5.75 Å². The zero-order chi connectivity index (χ0) is 19.5. The maximum Gasteiger partial charge on any atom is 0.335 e. The van der Waals surface area contributed by atoms with Crippen molar-refractivity contribution in [1.82, 2.24) is 0 Å². The predicted molar refractivity (Wildman–Crippen MR) is 107 cm³/mol. The van der Waals surface area contributed by atoms with Gasteiger partial charge in [-0.25, -0.2) is 4.79 Å². The van der Waals surface area contributed by atoms with Gasteiger partial charge in [0.2, 0.25) is 0 Å². The molecule has 1 atom stereocenters. The fourth-order valence-electron chi connectivity index (χ4n) is 2.81. The lowest BCUT2D eigenvalue weighted by Gasteiger charge is -2.15. The topological polar surface area (TPSA) is 44.8 Å². The van der Waals surface area contributed by atoms with Crippen molar-refractivity contribution in [3.8, 4) is 5.75 Å². The quantitative estimate of drug-likeness (QED) is 0.551. The molecule has 0 saturated heterocycles. The molecule has 0 heterocycles. The largest absolute Gasteiger partial charge is 0.493 e. The lowest BCUT2D eigenvalue weighted by molar-refractivity contribution is -0.156. The van der Waals surface area contributed by atoms with Crippen molar-refractivity contribution >= 4 is 5.97 Å². The van der Waals surface area contributed by atoms with E-state index in [1.54, 1.807) is 6.92 Å². The van der Waals surface area contributed by atoms with Crippen LogP contribution in [0, 0.1) is 0 Å². The van der Waals surface area contributed by atoms with Crippen LogP contribution in [0.25, 0.3) is 0 Å². The Bertz CT molecular complexity index is 677. The minimum Gasteiger partial charge on any atom is -0.493 e. The molecule has 0 aliphatic rings. The first-order valence-electron chi connectivity index (χ1n) is 9.74. The van der Waals surface area contributed by atoms with Gasteiger partial charge in [0.25, 0.3) is 0 Å². The van der Waals surface area contributed by atoms with Crippen molar-refractivity contribution in [2.45, 2.75) is 46.1 Å². The second-order valence-electron chi connectivity index (χ2n) is 6.31. The first-order valence-corrected chi connectivity index (χ1v) is 9.74. The van der Waals surface area contributed by atoms with Gasteiger partial charge in [-0.2, -0.15) is 0 Å². The molecule has 0 amide bonds. The Labute approximate surface area is 162 Å². The van der Waals surface area contributed by atoms with Crippen LogP contribution in [0.1, 0.15) is 37.5 Å². The van der Waals surface area contributed by atoms with Crippen LogP contribution in [-0.2, 0) is 33.5 Å². The third-order valence-corrected chi connectivity index (χ3v) is 4.35. The van der Waals surface area contributed by atoms with E-state index < -0.39 is 6.10 Å². The van der Waals surface area contributed by atoms with Gasteiger partial charge in [-0.15, -0.1) is 0 Å². The lowest BCUT2D eigenvalue weighted by Crippen LogP contribution is -2.28. The molecule has 4 nitrogen and oxygen atoms in total. The van der Waals surface area contributed by atoms with Crippen LogP contribution in [0.4, 0.5) is 0 Å². The number of benzene rings is 2. The number of esters is 1. The highest BCUT2D eigenvalue weighted by molar-refractivity contribution is 5.75. The highest BCUT2D eigenvalue weighted by atomic mass is 16.6. The summed E-state index contributed by atoms with van der Waals surface area (Å²) in [6, 6.07) is 16.5. The Morgan fingerprint density at radius 1 is 0.852 bits per heavy atom. The summed E-state index contributed by atoms with van der Waals surface area (Å²) in [6.45, 7) is 7.30. The molecule has 0 aliphatic heterocycles. The maximum absolute atomic E-state index is 11.9. The van der Waals surface area contributed by atoms with Crippen LogP contribution in [0.2, 0.25) is 0 Å². The van der Waals surface area contributed by atoms with Crippen LogP contribution in [-0.4, -0.2) is 31.9 Å². The average Bonchev–Trinajstić information content (AvgIpc) is 2.69. The highest BCUT2D eigenvalue weighted by Gasteiger charge is 2.20. The number of hydrogen-bond donors (Lipinski definition) is 0. The average molecular weight is 370 g/mol. The Kier molecular flexibility index (Phi) is 8.85. The Morgan fingerprint density at radius 2 is 1.48 bits per heavy atom. The van der Waals surface area contributed by atoms with Crippen molar-refractivity contribution in [3.63, 3.8) is 0 Å². The summed E-state index contributed by atoms with van der Waals surface area (Å²) in [5.74, 6) is 0.516. The third-order valence-electron chi connectivity index (χ3n) is 4.35. The minimum absolute atomic E-state index is 0.311. The molecule has 4 heteroatoms. The Balaban J connectivity index is 1.83. The maximum atomic E-state index is 11.9. The molecule has 2 rings (SSSR count). The van der Waals surface area contributed by atoms with E-state index in [9.17, 15) is 4.79 Å². The van der Waals surface area contributed by atoms with Crippen molar-refractivity contribution in [1.29, 1.82) is 0 Å². The summed E-state index contributed by atoms with van der Waals surface area (Å²) in [4.78, 5) is 11.9. The van der Waals surface area contributed by atoms with Crippen LogP contribution in [0.15, 0.2) is 48.5 Å². The van der Waals surface area contributed by atoms with Crippen molar-refractivity contribution in [3.05, 3.63) is 65.2 Å². The molecular weight excluding hydrogens is 340 g/mol. The van der Waals surface area contributed by atoms with E-state index >= 15 is 0 Å². The summed E-state index contributed by atoms with van der Waals surface area (Å²) in [7, 11) is 0. The van der Waals surface area contributed by atoms with Gasteiger partial charge in [-0.3, -0.25) is 0 Å². The van der Waals surface area contributed by atoms with E-state index in [4.69, 9.17) is 14.2 Å². The fraction of sp³-hybridized carbons (Fsp3) is 0.435. The van der Waals surface area contributed by atoms with E-state index in [1.807, 2.05) is 31.2 Å². The number of ether oxygens (including phenoxy) is 3. The van der Waals surface area contributed by atoms with Crippen LogP contribution < -0.4 is 4.74 Å². The molecule has 2 aromatic carbocycles. The first-order chi connectivity index (χ1) is 13.2. The van der Waals surface area contributed by atoms with E-state index in [1.165, 1.54) is 11.1 Å². The van der Waals surface area contributed by atoms with E-state index in [-0.39, 0.29) is 5.97 Å². The van der Waals surface area contributed by atoms with Crippen LogP contribution >= 0.6 is 0 Å². The summed E-state index contributed by atoms with van der Waals surface area (Å²) in [5, 5.41) is 0. The number of hydrogen-bond acceptors (Lipinski definition) is 4. The third kappa shape index (κ3) is 7.06. The second kappa shape index (κ2) is 11.4. The molecule has 27 heavy (non-hydrogen) atoms. The second-order valence-corrected chi connectivity index (χ2v) is 6.31.